The van der Waals surface area contributed by atoms with E-state index in [2.05, 4.69) is 11.9 Å². The molecular weight excluding hydrogens is 446 g/mol. The molecule has 1 N–H and O–H groups in total. The number of thiophene rings is 1. The van der Waals surface area contributed by atoms with Gasteiger partial charge >= 0.3 is 5.97 Å². The van der Waals surface area contributed by atoms with Gasteiger partial charge in [-0.1, -0.05) is 23.9 Å². The van der Waals surface area contributed by atoms with E-state index in [9.17, 15) is 14.4 Å². The molecule has 2 heterocycles. The number of thioether (sulfide) groups is 1. The van der Waals surface area contributed by atoms with Gasteiger partial charge in [-0.15, -0.1) is 17.9 Å². The number of carbonyl (C=O) groups excluding carboxylic acids is 2. The van der Waals surface area contributed by atoms with Gasteiger partial charge in [-0.25, -0.2) is 9.78 Å². The number of aryl methyl sites for hydroxylation is 2. The lowest BCUT2D eigenvalue weighted by Crippen LogP contribution is -2.24. The molecule has 0 spiro atoms. The fraction of sp³-hybridized carbons (Fsp3) is 0.304. The number of esters is 1. The van der Waals surface area contributed by atoms with Crippen molar-refractivity contribution in [1.29, 1.82) is 0 Å². The Kier molecular flexibility index (Phi) is 6.76. The minimum atomic E-state index is -0.472. The Bertz CT molecular complexity index is 1260. The number of allylic oxidation sites excluding steroid dienone is 1. The molecule has 9 heteroatoms. The largest absolute Gasteiger partial charge is 0.465 e. The molecule has 0 fully saturated rings. The van der Waals surface area contributed by atoms with Crippen LogP contribution in [0.5, 0.6) is 0 Å². The highest BCUT2D eigenvalue weighted by Gasteiger charge is 2.22. The van der Waals surface area contributed by atoms with E-state index in [-0.39, 0.29) is 17.2 Å². The summed E-state index contributed by atoms with van der Waals surface area (Å²) >= 11 is 2.80. The molecule has 3 aromatic rings. The van der Waals surface area contributed by atoms with E-state index in [1.165, 1.54) is 23.7 Å². The standard InChI is InChI=1S/C23H23N3O4S2/c1-3-11-26-21(28)19-16-9-4-5-10-17(16)32-20(19)25-23(26)31-13-18(27)24-15-8-6-7-14(12-15)22(29)30-2/h3,6-8,12H,1,4-5,9-11,13H2,2H3,(H,24,27). The molecule has 1 aromatic carbocycles. The number of nitrogens with one attached hydrogen (secondary N) is 1. The van der Waals surface area contributed by atoms with Gasteiger partial charge in [-0.05, 0) is 49.4 Å². The first-order chi connectivity index (χ1) is 15.5. The van der Waals surface area contributed by atoms with Crippen LogP contribution in [-0.4, -0.2) is 34.3 Å². The Morgan fingerprint density at radius 2 is 2.16 bits per heavy atom. The number of benzene rings is 1. The second-order valence-corrected chi connectivity index (χ2v) is 9.43. The van der Waals surface area contributed by atoms with E-state index >= 15 is 0 Å². The minimum absolute atomic E-state index is 0.0667. The van der Waals surface area contributed by atoms with Crippen LogP contribution in [0, 0.1) is 0 Å². The van der Waals surface area contributed by atoms with E-state index in [0.717, 1.165) is 41.5 Å². The summed E-state index contributed by atoms with van der Waals surface area (Å²) in [5.74, 6) is -0.662. The minimum Gasteiger partial charge on any atom is -0.465 e. The molecule has 0 saturated heterocycles. The summed E-state index contributed by atoms with van der Waals surface area (Å²) in [5, 5.41) is 4.00. The van der Waals surface area contributed by atoms with Crippen LogP contribution >= 0.6 is 23.1 Å². The van der Waals surface area contributed by atoms with E-state index in [0.29, 0.717) is 23.0 Å². The highest BCUT2D eigenvalue weighted by atomic mass is 32.2. The van der Waals surface area contributed by atoms with Gasteiger partial charge in [0.2, 0.25) is 5.91 Å². The number of anilines is 1. The maximum absolute atomic E-state index is 13.3. The topological polar surface area (TPSA) is 90.3 Å². The summed E-state index contributed by atoms with van der Waals surface area (Å²) in [6.45, 7) is 4.09. The number of rotatable bonds is 7. The quantitative estimate of drug-likeness (QED) is 0.243. The molecule has 0 saturated carbocycles. The van der Waals surface area contributed by atoms with Crippen molar-refractivity contribution in [3.63, 3.8) is 0 Å². The summed E-state index contributed by atoms with van der Waals surface area (Å²) in [6, 6.07) is 6.54. The highest BCUT2D eigenvalue weighted by Crippen LogP contribution is 2.34. The van der Waals surface area contributed by atoms with Crippen molar-refractivity contribution in [1.82, 2.24) is 9.55 Å². The molecule has 1 aliphatic rings. The first-order valence-corrected chi connectivity index (χ1v) is 12.1. The number of hydrogen-bond acceptors (Lipinski definition) is 7. The summed E-state index contributed by atoms with van der Waals surface area (Å²) < 4.78 is 6.30. The third kappa shape index (κ3) is 4.49. The Hall–Kier alpha value is -2.91. The van der Waals surface area contributed by atoms with Crippen molar-refractivity contribution in [3.8, 4) is 0 Å². The van der Waals surface area contributed by atoms with Crippen molar-refractivity contribution < 1.29 is 14.3 Å². The van der Waals surface area contributed by atoms with Crippen molar-refractivity contribution >= 4 is 50.9 Å². The fourth-order valence-corrected chi connectivity index (χ4v) is 5.90. The predicted molar refractivity (Wildman–Crippen MR) is 128 cm³/mol. The highest BCUT2D eigenvalue weighted by molar-refractivity contribution is 7.99. The second kappa shape index (κ2) is 9.70. The second-order valence-electron chi connectivity index (χ2n) is 7.40. The molecule has 2 aromatic heterocycles. The van der Waals surface area contributed by atoms with Crippen LogP contribution in [0.2, 0.25) is 0 Å². The van der Waals surface area contributed by atoms with Crippen LogP contribution in [0.1, 0.15) is 33.6 Å². The van der Waals surface area contributed by atoms with E-state index < -0.39 is 5.97 Å². The lowest BCUT2D eigenvalue weighted by atomic mass is 9.97. The van der Waals surface area contributed by atoms with Gasteiger partial charge in [0.1, 0.15) is 4.83 Å². The Morgan fingerprint density at radius 1 is 1.34 bits per heavy atom. The van der Waals surface area contributed by atoms with Crippen molar-refractivity contribution in [3.05, 3.63) is 63.3 Å². The zero-order chi connectivity index (χ0) is 22.7. The SMILES string of the molecule is C=CCn1c(SCC(=O)Nc2cccc(C(=O)OC)c2)nc2sc3c(c2c1=O)CCCC3. The molecule has 0 bridgehead atoms. The molecule has 1 amide bonds. The number of carbonyl (C=O) groups is 2. The monoisotopic (exact) mass is 469 g/mol. The number of nitrogens with zero attached hydrogens (tertiary/aromatic N) is 2. The van der Waals surface area contributed by atoms with Gasteiger partial charge in [0.05, 0.1) is 23.8 Å². The van der Waals surface area contributed by atoms with Gasteiger partial charge in [-0.2, -0.15) is 0 Å². The fourth-order valence-electron chi connectivity index (χ4n) is 3.79. The smallest absolute Gasteiger partial charge is 0.337 e. The summed E-state index contributed by atoms with van der Waals surface area (Å²) in [7, 11) is 1.31. The number of aromatic nitrogens is 2. The number of fused-ring (bicyclic) bond motifs is 3. The van der Waals surface area contributed by atoms with Crippen LogP contribution in [-0.2, 0) is 28.9 Å². The maximum atomic E-state index is 13.3. The summed E-state index contributed by atoms with van der Waals surface area (Å²) in [5.41, 5.74) is 1.93. The van der Waals surface area contributed by atoms with E-state index in [1.54, 1.807) is 46.2 Å². The normalized spacial score (nSPS) is 12.9. The molecule has 0 unspecified atom stereocenters. The average molecular weight is 470 g/mol. The first kappa shape index (κ1) is 22.3. The zero-order valence-corrected chi connectivity index (χ0v) is 19.3. The van der Waals surface area contributed by atoms with Gasteiger partial charge in [0.15, 0.2) is 5.16 Å². The molecule has 0 aliphatic heterocycles. The Morgan fingerprint density at radius 3 is 2.94 bits per heavy atom. The number of amides is 1. The molecule has 32 heavy (non-hydrogen) atoms. The Labute approximate surface area is 193 Å². The molecule has 7 nitrogen and oxygen atoms in total. The van der Waals surface area contributed by atoms with Gasteiger partial charge in [0.25, 0.3) is 5.56 Å². The summed E-state index contributed by atoms with van der Waals surface area (Å²) in [6.07, 6.45) is 5.80. The van der Waals surface area contributed by atoms with Crippen molar-refractivity contribution in [2.75, 3.05) is 18.2 Å². The predicted octanol–water partition coefficient (Wildman–Crippen LogP) is 4.04. The number of methoxy groups -OCH3 is 1. The molecule has 1 aliphatic carbocycles. The van der Waals surface area contributed by atoms with Crippen molar-refractivity contribution in [2.24, 2.45) is 0 Å². The van der Waals surface area contributed by atoms with E-state index in [4.69, 9.17) is 9.72 Å². The van der Waals surface area contributed by atoms with Crippen LogP contribution < -0.4 is 10.9 Å². The van der Waals surface area contributed by atoms with Crippen LogP contribution in [0.25, 0.3) is 10.2 Å². The van der Waals surface area contributed by atoms with Gasteiger partial charge in [0, 0.05) is 17.1 Å². The molecule has 0 atom stereocenters. The molecule has 166 valence electrons. The van der Waals surface area contributed by atoms with Crippen molar-refractivity contribution in [2.45, 2.75) is 37.4 Å². The number of hydrogen-bond donors (Lipinski definition) is 1. The Balaban J connectivity index is 1.55. The summed E-state index contributed by atoms with van der Waals surface area (Å²) in [4.78, 5) is 44.2. The van der Waals surface area contributed by atoms with Crippen LogP contribution in [0.4, 0.5) is 5.69 Å². The number of ether oxygens (including phenoxy) is 1. The molecular formula is C23H23N3O4S2. The molecule has 4 rings (SSSR count). The van der Waals surface area contributed by atoms with Gasteiger partial charge < -0.3 is 10.1 Å². The maximum Gasteiger partial charge on any atom is 0.337 e. The van der Waals surface area contributed by atoms with Crippen LogP contribution in [0.3, 0.4) is 0 Å². The van der Waals surface area contributed by atoms with Crippen LogP contribution in [0.15, 0.2) is 46.9 Å². The van der Waals surface area contributed by atoms with Gasteiger partial charge in [-0.3, -0.25) is 14.2 Å². The zero-order valence-electron chi connectivity index (χ0n) is 17.7. The first-order valence-electron chi connectivity index (χ1n) is 10.3. The lowest BCUT2D eigenvalue weighted by molar-refractivity contribution is -0.113. The third-order valence-corrected chi connectivity index (χ3v) is 7.41. The lowest BCUT2D eigenvalue weighted by Gasteiger charge is -2.12. The third-order valence-electron chi connectivity index (χ3n) is 5.25. The average Bonchev–Trinajstić information content (AvgIpc) is 3.18. The molecule has 0 radical (unpaired) electrons. The van der Waals surface area contributed by atoms with E-state index in [1.807, 2.05) is 0 Å².